The number of nitrogens with zero attached hydrogens (tertiary/aromatic N) is 1. The Kier molecular flexibility index (Phi) is 1.98. The number of fused-ring (bicyclic) bond motifs is 1. The molecular weight excluding hydrogens is 162 g/mol. The van der Waals surface area contributed by atoms with Gasteiger partial charge in [-0.15, -0.1) is 0 Å². The number of Topliss-reactive ketones (excluding diaryl/α,β-unsaturated/α-hetero) is 1. The Hall–Kier alpha value is -1.05. The minimum absolute atomic E-state index is 0.177. The third-order valence-electron chi connectivity index (χ3n) is 2.96. The number of carbonyl (C=O) groups excluding carboxylic acids is 1. The first-order valence-corrected chi connectivity index (χ1v) is 4.96. The highest BCUT2D eigenvalue weighted by molar-refractivity contribution is 5.98. The van der Waals surface area contributed by atoms with Crippen molar-refractivity contribution in [2.75, 3.05) is 0 Å². The molecule has 2 heterocycles. The zero-order valence-electron chi connectivity index (χ0n) is 8.16. The SMILES string of the molecule is CCCC1C(C)C(=O)c2cccn21. The molecule has 2 unspecified atom stereocenters. The van der Waals surface area contributed by atoms with Crippen molar-refractivity contribution in [3.63, 3.8) is 0 Å². The van der Waals surface area contributed by atoms with Crippen LogP contribution >= 0.6 is 0 Å². The maximum absolute atomic E-state index is 11.7. The van der Waals surface area contributed by atoms with E-state index in [4.69, 9.17) is 0 Å². The van der Waals surface area contributed by atoms with E-state index in [0.29, 0.717) is 11.8 Å². The monoisotopic (exact) mass is 177 g/mol. The molecule has 0 N–H and O–H groups in total. The highest BCUT2D eigenvalue weighted by Crippen LogP contribution is 2.34. The Bertz CT molecular complexity index is 327. The van der Waals surface area contributed by atoms with Gasteiger partial charge < -0.3 is 4.57 Å². The molecule has 1 aliphatic rings. The van der Waals surface area contributed by atoms with Crippen LogP contribution in [0.3, 0.4) is 0 Å². The van der Waals surface area contributed by atoms with Crippen LogP contribution in [0.2, 0.25) is 0 Å². The zero-order chi connectivity index (χ0) is 9.42. The molecule has 0 amide bonds. The summed E-state index contributed by atoms with van der Waals surface area (Å²) in [6.45, 7) is 4.20. The molecule has 0 saturated carbocycles. The fourth-order valence-electron chi connectivity index (χ4n) is 2.23. The van der Waals surface area contributed by atoms with Gasteiger partial charge in [0.25, 0.3) is 0 Å². The second-order valence-corrected chi connectivity index (χ2v) is 3.81. The Morgan fingerprint density at radius 2 is 2.31 bits per heavy atom. The summed E-state index contributed by atoms with van der Waals surface area (Å²) in [4.78, 5) is 11.7. The van der Waals surface area contributed by atoms with Gasteiger partial charge in [-0.25, -0.2) is 0 Å². The Balaban J connectivity index is 2.36. The van der Waals surface area contributed by atoms with E-state index >= 15 is 0 Å². The van der Waals surface area contributed by atoms with Gasteiger partial charge in [-0.1, -0.05) is 20.3 Å². The lowest BCUT2D eigenvalue weighted by Crippen LogP contribution is -2.11. The summed E-state index contributed by atoms with van der Waals surface area (Å²) in [5.74, 6) is 0.486. The molecule has 0 bridgehead atoms. The summed E-state index contributed by atoms with van der Waals surface area (Å²) >= 11 is 0. The predicted octanol–water partition coefficient (Wildman–Crippen LogP) is 2.66. The second-order valence-electron chi connectivity index (χ2n) is 3.81. The van der Waals surface area contributed by atoms with Gasteiger partial charge >= 0.3 is 0 Å². The smallest absolute Gasteiger partial charge is 0.184 e. The third-order valence-corrected chi connectivity index (χ3v) is 2.96. The number of rotatable bonds is 2. The minimum Gasteiger partial charge on any atom is -0.341 e. The van der Waals surface area contributed by atoms with Crippen LogP contribution < -0.4 is 0 Å². The lowest BCUT2D eigenvalue weighted by Gasteiger charge is -2.15. The van der Waals surface area contributed by atoms with E-state index in [-0.39, 0.29) is 5.92 Å². The van der Waals surface area contributed by atoms with E-state index in [2.05, 4.69) is 11.5 Å². The number of ketones is 1. The van der Waals surface area contributed by atoms with Crippen LogP contribution in [0.15, 0.2) is 18.3 Å². The normalized spacial score (nSPS) is 26.5. The lowest BCUT2D eigenvalue weighted by molar-refractivity contribution is 0.0930. The topological polar surface area (TPSA) is 22.0 Å². The van der Waals surface area contributed by atoms with Crippen molar-refractivity contribution in [1.82, 2.24) is 4.57 Å². The molecule has 0 spiro atoms. The molecule has 2 heteroatoms. The molecular formula is C11H15NO. The van der Waals surface area contributed by atoms with Crippen molar-refractivity contribution in [3.8, 4) is 0 Å². The largest absolute Gasteiger partial charge is 0.341 e. The third kappa shape index (κ3) is 1.12. The average molecular weight is 177 g/mol. The van der Waals surface area contributed by atoms with Crippen LogP contribution in [0.25, 0.3) is 0 Å². The fourth-order valence-corrected chi connectivity index (χ4v) is 2.23. The fraction of sp³-hybridized carbons (Fsp3) is 0.545. The summed E-state index contributed by atoms with van der Waals surface area (Å²) in [6.07, 6.45) is 4.27. The minimum atomic E-state index is 0.177. The summed E-state index contributed by atoms with van der Waals surface area (Å²) in [5.41, 5.74) is 0.894. The van der Waals surface area contributed by atoms with Crippen LogP contribution in [-0.4, -0.2) is 10.4 Å². The molecule has 0 fully saturated rings. The van der Waals surface area contributed by atoms with Gasteiger partial charge in [0, 0.05) is 18.2 Å². The van der Waals surface area contributed by atoms with Gasteiger partial charge in [0.1, 0.15) is 0 Å². The van der Waals surface area contributed by atoms with Crippen molar-refractivity contribution < 1.29 is 4.79 Å². The zero-order valence-corrected chi connectivity index (χ0v) is 8.16. The number of aromatic nitrogens is 1. The lowest BCUT2D eigenvalue weighted by atomic mass is 9.97. The molecule has 1 aromatic rings. The molecule has 0 saturated heterocycles. The highest BCUT2D eigenvalue weighted by Gasteiger charge is 2.34. The van der Waals surface area contributed by atoms with Gasteiger partial charge in [0.05, 0.1) is 5.69 Å². The summed E-state index contributed by atoms with van der Waals surface area (Å²) in [6, 6.07) is 4.29. The molecule has 0 aromatic carbocycles. The summed E-state index contributed by atoms with van der Waals surface area (Å²) in [5, 5.41) is 0. The Labute approximate surface area is 78.6 Å². The van der Waals surface area contributed by atoms with E-state index in [1.807, 2.05) is 25.3 Å². The van der Waals surface area contributed by atoms with Crippen LogP contribution in [-0.2, 0) is 0 Å². The second kappa shape index (κ2) is 3.02. The number of hydrogen-bond donors (Lipinski definition) is 0. The maximum atomic E-state index is 11.7. The first-order valence-electron chi connectivity index (χ1n) is 4.96. The number of carbonyl (C=O) groups is 1. The first-order chi connectivity index (χ1) is 6.25. The van der Waals surface area contributed by atoms with Crippen LogP contribution in [0.1, 0.15) is 43.2 Å². The molecule has 13 heavy (non-hydrogen) atoms. The van der Waals surface area contributed by atoms with Crippen LogP contribution in [0, 0.1) is 5.92 Å². The molecule has 2 nitrogen and oxygen atoms in total. The molecule has 70 valence electrons. The molecule has 0 aliphatic carbocycles. The summed E-state index contributed by atoms with van der Waals surface area (Å²) in [7, 11) is 0. The van der Waals surface area contributed by atoms with Gasteiger partial charge in [0.15, 0.2) is 5.78 Å². The maximum Gasteiger partial charge on any atom is 0.184 e. The van der Waals surface area contributed by atoms with Crippen LogP contribution in [0.4, 0.5) is 0 Å². The van der Waals surface area contributed by atoms with Crippen molar-refractivity contribution >= 4 is 5.78 Å². The quantitative estimate of drug-likeness (QED) is 0.680. The standard InChI is InChI=1S/C11H15NO/c1-3-5-9-8(2)11(13)10-6-4-7-12(9)10/h4,6-9H,3,5H2,1-2H3. The molecule has 1 aliphatic heterocycles. The van der Waals surface area contributed by atoms with Gasteiger partial charge in [-0.05, 0) is 18.6 Å². The van der Waals surface area contributed by atoms with E-state index in [1.165, 1.54) is 0 Å². The molecule has 0 radical (unpaired) electrons. The summed E-state index contributed by atoms with van der Waals surface area (Å²) < 4.78 is 2.14. The molecule has 2 rings (SSSR count). The van der Waals surface area contributed by atoms with Gasteiger partial charge in [-0.2, -0.15) is 0 Å². The first kappa shape index (κ1) is 8.54. The predicted molar refractivity (Wildman–Crippen MR) is 51.9 cm³/mol. The van der Waals surface area contributed by atoms with E-state index < -0.39 is 0 Å². The van der Waals surface area contributed by atoms with E-state index in [0.717, 1.165) is 18.5 Å². The molecule has 1 aromatic heterocycles. The van der Waals surface area contributed by atoms with E-state index in [1.54, 1.807) is 0 Å². The average Bonchev–Trinajstić information content (AvgIpc) is 2.66. The van der Waals surface area contributed by atoms with Crippen molar-refractivity contribution in [2.24, 2.45) is 5.92 Å². The van der Waals surface area contributed by atoms with Gasteiger partial charge in [0.2, 0.25) is 0 Å². The Morgan fingerprint density at radius 1 is 1.54 bits per heavy atom. The molecule has 2 atom stereocenters. The van der Waals surface area contributed by atoms with Gasteiger partial charge in [-0.3, -0.25) is 4.79 Å². The van der Waals surface area contributed by atoms with Crippen molar-refractivity contribution in [3.05, 3.63) is 24.0 Å². The van der Waals surface area contributed by atoms with E-state index in [9.17, 15) is 4.79 Å². The highest BCUT2D eigenvalue weighted by atomic mass is 16.1. The number of hydrogen-bond acceptors (Lipinski definition) is 1. The Morgan fingerprint density at radius 3 is 3.00 bits per heavy atom. The van der Waals surface area contributed by atoms with Crippen molar-refractivity contribution in [1.29, 1.82) is 0 Å². The van der Waals surface area contributed by atoms with Crippen molar-refractivity contribution in [2.45, 2.75) is 32.7 Å². The van der Waals surface area contributed by atoms with Crippen LogP contribution in [0.5, 0.6) is 0 Å².